The summed E-state index contributed by atoms with van der Waals surface area (Å²) in [5, 5.41) is 2.90. The first kappa shape index (κ1) is 23.8. The van der Waals surface area contributed by atoms with E-state index < -0.39 is 30.1 Å². The number of rotatable bonds is 7. The number of halogens is 3. The summed E-state index contributed by atoms with van der Waals surface area (Å²) in [5.41, 5.74) is 0.486. The maximum absolute atomic E-state index is 12.4. The molecule has 1 unspecified atom stereocenters. The van der Waals surface area contributed by atoms with Gasteiger partial charge in [0.15, 0.2) is 6.10 Å². The zero-order valence-corrected chi connectivity index (χ0v) is 17.7. The van der Waals surface area contributed by atoms with Crippen LogP contribution < -0.4 is 15.6 Å². The molecule has 1 N–H and O–H groups in total. The van der Waals surface area contributed by atoms with Crippen LogP contribution in [0.4, 0.5) is 18.9 Å². The molecule has 0 aliphatic rings. The van der Waals surface area contributed by atoms with Crippen LogP contribution in [0.5, 0.6) is 5.75 Å². The summed E-state index contributed by atoms with van der Waals surface area (Å²) in [6.07, 6.45) is -5.95. The largest absolute Gasteiger partial charge is 0.573 e. The number of aryl methyl sites for hydroxylation is 1. The first-order valence-electron chi connectivity index (χ1n) is 9.84. The van der Waals surface area contributed by atoms with Crippen LogP contribution in [0.3, 0.4) is 0 Å². The minimum absolute atomic E-state index is 0.111. The van der Waals surface area contributed by atoms with E-state index in [1.807, 2.05) is 0 Å². The van der Waals surface area contributed by atoms with E-state index in [0.717, 1.165) is 12.1 Å². The highest BCUT2D eigenvalue weighted by atomic mass is 19.4. The van der Waals surface area contributed by atoms with Crippen molar-refractivity contribution in [2.45, 2.75) is 32.2 Å². The number of carbonyl (C=O) groups is 2. The quantitative estimate of drug-likeness (QED) is 0.540. The number of nitrogens with one attached hydrogen (secondary N) is 1. The number of nitrogens with zero attached hydrogens (tertiary/aromatic N) is 2. The Morgan fingerprint density at radius 1 is 1.12 bits per heavy atom. The molecule has 8 nitrogen and oxygen atoms in total. The third kappa shape index (κ3) is 6.31. The first-order chi connectivity index (χ1) is 15.5. The molecule has 33 heavy (non-hydrogen) atoms. The van der Waals surface area contributed by atoms with Gasteiger partial charge in [-0.1, -0.05) is 12.1 Å². The predicted molar refractivity (Wildman–Crippen MR) is 113 cm³/mol. The minimum Gasteiger partial charge on any atom is -0.453 e. The smallest absolute Gasteiger partial charge is 0.453 e. The molecule has 0 saturated heterocycles. The van der Waals surface area contributed by atoms with Gasteiger partial charge in [-0.15, -0.1) is 13.2 Å². The number of carbonyl (C=O) groups excluding carboxylic acids is 2. The average molecular weight is 463 g/mol. The molecule has 3 aromatic rings. The summed E-state index contributed by atoms with van der Waals surface area (Å²) in [7, 11) is 1.56. The number of para-hydroxylation sites is 1. The van der Waals surface area contributed by atoms with Crippen LogP contribution in [-0.2, 0) is 27.8 Å². The average Bonchev–Trinajstić information content (AvgIpc) is 2.75. The van der Waals surface area contributed by atoms with Gasteiger partial charge in [0.2, 0.25) is 0 Å². The molecule has 1 aromatic heterocycles. The lowest BCUT2D eigenvalue weighted by atomic mass is 10.2. The number of benzene rings is 2. The molecule has 0 fully saturated rings. The molecule has 1 amide bonds. The van der Waals surface area contributed by atoms with E-state index in [-0.39, 0.29) is 24.1 Å². The van der Waals surface area contributed by atoms with Crippen LogP contribution in [-0.4, -0.2) is 33.9 Å². The Morgan fingerprint density at radius 3 is 2.45 bits per heavy atom. The van der Waals surface area contributed by atoms with Crippen LogP contribution in [0, 0.1) is 0 Å². The van der Waals surface area contributed by atoms with E-state index in [2.05, 4.69) is 15.0 Å². The summed E-state index contributed by atoms with van der Waals surface area (Å²) in [5.74, 6) is -1.37. The van der Waals surface area contributed by atoms with Crippen LogP contribution in [0.25, 0.3) is 10.9 Å². The molecule has 0 bridgehead atoms. The Balaban J connectivity index is 1.54. The number of amides is 1. The van der Waals surface area contributed by atoms with Crippen molar-refractivity contribution in [3.63, 3.8) is 0 Å². The van der Waals surface area contributed by atoms with E-state index in [9.17, 15) is 27.6 Å². The monoisotopic (exact) mass is 463 g/mol. The zero-order valence-electron chi connectivity index (χ0n) is 17.7. The van der Waals surface area contributed by atoms with Gasteiger partial charge in [-0.05, 0) is 43.3 Å². The second-order valence-corrected chi connectivity index (χ2v) is 7.10. The van der Waals surface area contributed by atoms with Crippen molar-refractivity contribution in [2.75, 3.05) is 5.32 Å². The van der Waals surface area contributed by atoms with Gasteiger partial charge in [0.1, 0.15) is 11.6 Å². The fraction of sp³-hybridized carbons (Fsp3) is 0.273. The molecule has 0 radical (unpaired) electrons. The van der Waals surface area contributed by atoms with Gasteiger partial charge >= 0.3 is 12.3 Å². The van der Waals surface area contributed by atoms with Crippen LogP contribution in [0.2, 0.25) is 0 Å². The lowest BCUT2D eigenvalue weighted by Gasteiger charge is -2.14. The van der Waals surface area contributed by atoms with E-state index >= 15 is 0 Å². The normalized spacial score (nSPS) is 12.3. The standard InChI is InChI=1S/C22H20F3N3O5/c1-13(20(30)26-14-7-9-15(10-8-14)33-22(23,24)25)32-19(29)12-11-18-27-17-6-4-3-5-16(17)21(31)28(18)2/h3-10,13H,11-12H2,1-2H3,(H,26,30). The van der Waals surface area contributed by atoms with Crippen LogP contribution >= 0.6 is 0 Å². The third-order valence-electron chi connectivity index (χ3n) is 4.66. The highest BCUT2D eigenvalue weighted by Gasteiger charge is 2.31. The second kappa shape index (κ2) is 9.72. The van der Waals surface area contributed by atoms with Crippen LogP contribution in [0.1, 0.15) is 19.2 Å². The lowest BCUT2D eigenvalue weighted by molar-refractivity contribution is -0.274. The Bertz CT molecular complexity index is 1220. The van der Waals surface area contributed by atoms with Crippen molar-refractivity contribution in [2.24, 2.45) is 7.05 Å². The van der Waals surface area contributed by atoms with Gasteiger partial charge in [0.25, 0.3) is 11.5 Å². The van der Waals surface area contributed by atoms with Crippen molar-refractivity contribution in [3.05, 3.63) is 64.7 Å². The highest BCUT2D eigenvalue weighted by Crippen LogP contribution is 2.24. The van der Waals surface area contributed by atoms with Crippen molar-refractivity contribution in [1.29, 1.82) is 0 Å². The van der Waals surface area contributed by atoms with Crippen molar-refractivity contribution < 1.29 is 32.2 Å². The molecule has 0 saturated carbocycles. The number of alkyl halides is 3. The number of anilines is 1. The maximum Gasteiger partial charge on any atom is 0.573 e. The highest BCUT2D eigenvalue weighted by molar-refractivity contribution is 5.95. The molecule has 1 atom stereocenters. The van der Waals surface area contributed by atoms with E-state index in [0.29, 0.717) is 16.7 Å². The number of ether oxygens (including phenoxy) is 2. The Hall–Kier alpha value is -3.89. The van der Waals surface area contributed by atoms with Crippen LogP contribution in [0.15, 0.2) is 53.3 Å². The molecule has 3 rings (SSSR count). The second-order valence-electron chi connectivity index (χ2n) is 7.10. The van der Waals surface area contributed by atoms with Crippen molar-refractivity contribution in [3.8, 4) is 5.75 Å². The topological polar surface area (TPSA) is 99.5 Å². The zero-order chi connectivity index (χ0) is 24.2. The molecule has 2 aromatic carbocycles. The molecule has 174 valence electrons. The van der Waals surface area contributed by atoms with Gasteiger partial charge in [-0.2, -0.15) is 0 Å². The third-order valence-corrected chi connectivity index (χ3v) is 4.66. The van der Waals surface area contributed by atoms with Crippen molar-refractivity contribution >= 4 is 28.5 Å². The summed E-state index contributed by atoms with van der Waals surface area (Å²) in [6.45, 7) is 1.36. The Labute approximate surface area is 185 Å². The predicted octanol–water partition coefficient (Wildman–Crippen LogP) is 3.34. The van der Waals surface area contributed by atoms with Gasteiger partial charge in [0.05, 0.1) is 17.3 Å². The van der Waals surface area contributed by atoms with Gasteiger partial charge < -0.3 is 14.8 Å². The summed E-state index contributed by atoms with van der Waals surface area (Å²) < 4.78 is 46.8. The lowest BCUT2D eigenvalue weighted by Crippen LogP contribution is -2.30. The number of hydrogen-bond donors (Lipinski definition) is 1. The van der Waals surface area contributed by atoms with Gasteiger partial charge in [0, 0.05) is 19.2 Å². The molecular formula is C22H20F3N3O5. The molecule has 1 heterocycles. The number of aromatic nitrogens is 2. The molecule has 0 spiro atoms. The van der Waals surface area contributed by atoms with E-state index in [1.54, 1.807) is 31.3 Å². The molecular weight excluding hydrogens is 443 g/mol. The SMILES string of the molecule is CC(OC(=O)CCc1nc2ccccc2c(=O)n1C)C(=O)Nc1ccc(OC(F)(F)F)cc1. The maximum atomic E-state index is 12.4. The minimum atomic E-state index is -4.82. The number of esters is 1. The molecule has 11 heteroatoms. The summed E-state index contributed by atoms with van der Waals surface area (Å²) in [6, 6.07) is 11.4. The van der Waals surface area contributed by atoms with Gasteiger partial charge in [-0.25, -0.2) is 4.98 Å². The fourth-order valence-corrected chi connectivity index (χ4v) is 2.99. The molecule has 0 aliphatic heterocycles. The Morgan fingerprint density at radius 2 is 1.79 bits per heavy atom. The van der Waals surface area contributed by atoms with Crippen molar-refractivity contribution in [1.82, 2.24) is 9.55 Å². The van der Waals surface area contributed by atoms with E-state index in [4.69, 9.17) is 4.74 Å². The fourth-order valence-electron chi connectivity index (χ4n) is 2.99. The van der Waals surface area contributed by atoms with E-state index in [1.165, 1.54) is 23.6 Å². The number of fused-ring (bicyclic) bond motifs is 1. The number of hydrogen-bond acceptors (Lipinski definition) is 6. The Kier molecular flexibility index (Phi) is 7.00. The molecule has 0 aliphatic carbocycles. The summed E-state index contributed by atoms with van der Waals surface area (Å²) in [4.78, 5) is 41.2. The van der Waals surface area contributed by atoms with Gasteiger partial charge in [-0.3, -0.25) is 19.0 Å². The summed E-state index contributed by atoms with van der Waals surface area (Å²) >= 11 is 0. The first-order valence-corrected chi connectivity index (χ1v) is 9.84.